The average molecular weight is 585 g/mol. The second kappa shape index (κ2) is 16.7. The molecule has 0 atom stereocenters. The molecule has 5 heteroatoms. The summed E-state index contributed by atoms with van der Waals surface area (Å²) in [6, 6.07) is 34.1. The summed E-state index contributed by atoms with van der Waals surface area (Å²) in [5, 5.41) is 10.4. The van der Waals surface area contributed by atoms with E-state index in [9.17, 15) is 9.90 Å². The van der Waals surface area contributed by atoms with Crippen molar-refractivity contribution in [3.05, 3.63) is 115 Å². The normalized spacial score (nSPS) is 11.6. The minimum atomic E-state index is -2.48. The van der Waals surface area contributed by atoms with Gasteiger partial charge in [-0.2, -0.15) is 0 Å². The predicted molar refractivity (Wildman–Crippen MR) is 173 cm³/mol. The lowest BCUT2D eigenvalue weighted by molar-refractivity contribution is 0.0754. The zero-order chi connectivity index (χ0) is 29.5. The van der Waals surface area contributed by atoms with Gasteiger partial charge in [0.2, 0.25) is 0 Å². The summed E-state index contributed by atoms with van der Waals surface area (Å²) in [5.41, 5.74) is 0.137. The SMILES string of the molecule is CCCCCCCCCCCCOc1ccc(S(OC(=O)c2ccccc2O)(c2ccccc2)c2ccccc2)cc1. The third kappa shape index (κ3) is 8.42. The van der Waals surface area contributed by atoms with Crippen LogP contribution in [0.5, 0.6) is 11.5 Å². The summed E-state index contributed by atoms with van der Waals surface area (Å²) < 4.78 is 12.6. The minimum Gasteiger partial charge on any atom is -0.507 e. The number of unbranched alkanes of at least 4 members (excludes halogenated alkanes) is 9. The van der Waals surface area contributed by atoms with E-state index in [1.54, 1.807) is 18.2 Å². The van der Waals surface area contributed by atoms with Crippen molar-refractivity contribution in [2.24, 2.45) is 0 Å². The number of hydrogen-bond donors (Lipinski definition) is 1. The van der Waals surface area contributed by atoms with Crippen molar-refractivity contribution < 1.29 is 18.8 Å². The molecule has 4 rings (SSSR count). The lowest BCUT2D eigenvalue weighted by Gasteiger charge is -2.39. The summed E-state index contributed by atoms with van der Waals surface area (Å²) in [6.45, 7) is 2.95. The molecule has 1 N–H and O–H groups in total. The van der Waals surface area contributed by atoms with Crippen molar-refractivity contribution in [1.82, 2.24) is 0 Å². The predicted octanol–water partition coefficient (Wildman–Crippen LogP) is 10.7. The zero-order valence-corrected chi connectivity index (χ0v) is 25.6. The van der Waals surface area contributed by atoms with E-state index in [2.05, 4.69) is 6.92 Å². The van der Waals surface area contributed by atoms with Crippen molar-refractivity contribution in [3.63, 3.8) is 0 Å². The smallest absolute Gasteiger partial charge is 0.353 e. The van der Waals surface area contributed by atoms with Crippen LogP contribution in [0.2, 0.25) is 0 Å². The zero-order valence-electron chi connectivity index (χ0n) is 24.8. The fraction of sp³-hybridized carbons (Fsp3) is 0.324. The first-order chi connectivity index (χ1) is 20.6. The fourth-order valence-electron chi connectivity index (χ4n) is 5.09. The van der Waals surface area contributed by atoms with Gasteiger partial charge < -0.3 is 14.0 Å². The average Bonchev–Trinajstić information content (AvgIpc) is 3.04. The van der Waals surface area contributed by atoms with E-state index in [1.807, 2.05) is 84.9 Å². The van der Waals surface area contributed by atoms with E-state index in [1.165, 1.54) is 63.9 Å². The molecule has 0 spiro atoms. The molecule has 0 bridgehead atoms. The first-order valence-electron chi connectivity index (χ1n) is 15.3. The number of phenolic OH excluding ortho intramolecular Hbond substituents is 1. The maximum absolute atomic E-state index is 13.6. The van der Waals surface area contributed by atoms with Gasteiger partial charge in [0.05, 0.1) is 6.61 Å². The summed E-state index contributed by atoms with van der Waals surface area (Å²) in [7, 11) is -2.48. The van der Waals surface area contributed by atoms with Gasteiger partial charge in [-0.05, 0) is 77.4 Å². The Hall–Kier alpha value is -3.70. The molecular formula is C37H44O4S. The highest BCUT2D eigenvalue weighted by molar-refractivity contribution is 8.30. The molecule has 0 fully saturated rings. The number of para-hydroxylation sites is 1. The quantitative estimate of drug-likeness (QED) is 0.125. The van der Waals surface area contributed by atoms with E-state index in [4.69, 9.17) is 8.92 Å². The molecule has 0 unspecified atom stereocenters. The molecule has 4 aromatic carbocycles. The van der Waals surface area contributed by atoms with Crippen LogP contribution < -0.4 is 4.74 Å². The number of ether oxygens (including phenoxy) is 1. The molecule has 42 heavy (non-hydrogen) atoms. The number of aromatic hydroxyl groups is 1. The molecule has 0 aromatic heterocycles. The van der Waals surface area contributed by atoms with Gasteiger partial charge in [-0.1, -0.05) is 113 Å². The number of carbonyl (C=O) groups excluding carboxylic acids is 1. The van der Waals surface area contributed by atoms with Crippen molar-refractivity contribution in [2.45, 2.75) is 85.8 Å². The second-order valence-electron chi connectivity index (χ2n) is 10.6. The second-order valence-corrected chi connectivity index (χ2v) is 13.3. The lowest BCUT2D eigenvalue weighted by atomic mass is 10.1. The van der Waals surface area contributed by atoms with E-state index >= 15 is 0 Å². The molecule has 0 saturated carbocycles. The standard InChI is InChI=1S/C37H44O4S/c1-2-3-4-5-6-7-8-9-10-19-30-40-31-26-28-34(29-27-31)42(32-20-13-11-14-21-32,33-22-15-12-16-23-33)41-37(39)35-24-17-18-25-36(35)38/h11-18,20-29,38H,2-10,19,30H2,1H3. The van der Waals surface area contributed by atoms with E-state index in [0.717, 1.165) is 26.9 Å². The molecular weight excluding hydrogens is 540 g/mol. The summed E-state index contributed by atoms with van der Waals surface area (Å²) in [4.78, 5) is 16.3. The molecule has 0 radical (unpaired) electrons. The van der Waals surface area contributed by atoms with Gasteiger partial charge >= 0.3 is 5.97 Å². The number of benzene rings is 4. The van der Waals surface area contributed by atoms with Gasteiger partial charge in [-0.15, -0.1) is 0 Å². The Balaban J connectivity index is 1.48. The number of carbonyl (C=O) groups is 1. The van der Waals surface area contributed by atoms with Crippen LogP contribution in [0.15, 0.2) is 124 Å². The van der Waals surface area contributed by atoms with E-state index in [0.29, 0.717) is 6.61 Å². The Morgan fingerprint density at radius 1 is 0.595 bits per heavy atom. The lowest BCUT2D eigenvalue weighted by Crippen LogP contribution is -2.14. The first-order valence-corrected chi connectivity index (χ1v) is 16.9. The topological polar surface area (TPSA) is 55.8 Å². The molecule has 0 saturated heterocycles. The van der Waals surface area contributed by atoms with Crippen molar-refractivity contribution in [1.29, 1.82) is 0 Å². The molecule has 4 aromatic rings. The van der Waals surface area contributed by atoms with Crippen molar-refractivity contribution in [2.75, 3.05) is 6.61 Å². The fourth-order valence-corrected chi connectivity index (χ4v) is 8.11. The van der Waals surface area contributed by atoms with Crippen molar-refractivity contribution >= 4 is 16.3 Å². The van der Waals surface area contributed by atoms with Crippen LogP contribution in [-0.4, -0.2) is 17.7 Å². The monoisotopic (exact) mass is 584 g/mol. The van der Waals surface area contributed by atoms with Crippen molar-refractivity contribution in [3.8, 4) is 11.5 Å². The van der Waals surface area contributed by atoms with E-state index < -0.39 is 16.3 Å². The van der Waals surface area contributed by atoms with Crippen LogP contribution >= 0.6 is 10.3 Å². The number of phenols is 1. The highest BCUT2D eigenvalue weighted by Gasteiger charge is 2.36. The van der Waals surface area contributed by atoms with E-state index in [-0.39, 0.29) is 11.3 Å². The maximum atomic E-state index is 13.6. The minimum absolute atomic E-state index is 0.104. The van der Waals surface area contributed by atoms with Crippen LogP contribution in [-0.2, 0) is 4.18 Å². The van der Waals surface area contributed by atoms with Crippen LogP contribution in [0.1, 0.15) is 81.5 Å². The van der Waals surface area contributed by atoms with Gasteiger partial charge in [-0.3, -0.25) is 0 Å². The summed E-state index contributed by atoms with van der Waals surface area (Å²) >= 11 is 0. The van der Waals surface area contributed by atoms with Crippen LogP contribution in [0.4, 0.5) is 0 Å². The van der Waals surface area contributed by atoms with Gasteiger partial charge in [0.25, 0.3) is 0 Å². The van der Waals surface area contributed by atoms with Gasteiger partial charge in [0, 0.05) is 14.7 Å². The Kier molecular flexibility index (Phi) is 12.4. The summed E-state index contributed by atoms with van der Waals surface area (Å²) in [5.74, 6) is 0.126. The molecule has 0 aliphatic rings. The molecule has 0 amide bonds. The third-order valence-corrected chi connectivity index (χ3v) is 10.6. The molecule has 0 aliphatic heterocycles. The largest absolute Gasteiger partial charge is 0.507 e. The first kappa shape index (κ1) is 31.2. The molecule has 0 heterocycles. The Bertz CT molecular complexity index is 1300. The molecule has 4 nitrogen and oxygen atoms in total. The number of rotatable bonds is 17. The highest BCUT2D eigenvalue weighted by Crippen LogP contribution is 2.69. The Morgan fingerprint density at radius 3 is 1.62 bits per heavy atom. The van der Waals surface area contributed by atoms with Crippen LogP contribution in [0.25, 0.3) is 0 Å². The van der Waals surface area contributed by atoms with Crippen LogP contribution in [0.3, 0.4) is 0 Å². The molecule has 222 valence electrons. The third-order valence-electron chi connectivity index (χ3n) is 7.40. The maximum Gasteiger partial charge on any atom is 0.353 e. The van der Waals surface area contributed by atoms with Gasteiger partial charge in [0.15, 0.2) is 0 Å². The number of hydrogen-bond acceptors (Lipinski definition) is 4. The summed E-state index contributed by atoms with van der Waals surface area (Å²) in [6.07, 6.45) is 12.9. The Morgan fingerprint density at radius 2 is 1.07 bits per heavy atom. The Labute approximate surface area is 253 Å². The van der Waals surface area contributed by atoms with Gasteiger partial charge in [0.1, 0.15) is 17.1 Å². The van der Waals surface area contributed by atoms with Gasteiger partial charge in [-0.25, -0.2) is 4.79 Å². The van der Waals surface area contributed by atoms with Crippen LogP contribution in [0, 0.1) is 0 Å². The highest BCUT2D eigenvalue weighted by atomic mass is 32.3. The molecule has 0 aliphatic carbocycles.